The zero-order valence-electron chi connectivity index (χ0n) is 17.9. The van der Waals surface area contributed by atoms with Crippen LogP contribution in [0.25, 0.3) is 5.57 Å². The average Bonchev–Trinajstić information content (AvgIpc) is 3.27. The molecule has 2 atom stereocenters. The molecular formula is C24H24O8. The molecule has 8 heteroatoms. The van der Waals surface area contributed by atoms with E-state index in [1.165, 1.54) is 30.3 Å². The van der Waals surface area contributed by atoms with Crippen molar-refractivity contribution in [1.82, 2.24) is 0 Å². The lowest BCUT2D eigenvalue weighted by molar-refractivity contribution is -0.169. The van der Waals surface area contributed by atoms with Crippen LogP contribution in [0, 0.1) is 0 Å². The number of aliphatic hydroxyl groups is 1. The number of methoxy groups -OCH3 is 1. The molecule has 2 aliphatic heterocycles. The molecule has 0 saturated carbocycles. The lowest BCUT2D eigenvalue weighted by atomic mass is 9.82. The molecule has 2 aromatic carbocycles. The SMILES string of the molecule is COC(=O)[C@@]1(Cc2ccc(O)c(C[C@@H]3OC3(C)C)c2)OC(=O)C(O)=C1c1ccc(O)cc1. The summed E-state index contributed by atoms with van der Waals surface area (Å²) in [7, 11) is 1.16. The van der Waals surface area contributed by atoms with E-state index in [2.05, 4.69) is 0 Å². The number of cyclic esters (lactones) is 1. The number of hydrogen-bond donors (Lipinski definition) is 3. The summed E-state index contributed by atoms with van der Waals surface area (Å²) in [6.07, 6.45) is 0.302. The van der Waals surface area contributed by atoms with Crippen molar-refractivity contribution in [2.75, 3.05) is 7.11 Å². The number of aliphatic hydroxyl groups excluding tert-OH is 1. The normalized spacial score (nSPS) is 23.7. The molecule has 0 spiro atoms. The third kappa shape index (κ3) is 3.67. The van der Waals surface area contributed by atoms with E-state index in [4.69, 9.17) is 14.2 Å². The molecule has 0 aliphatic carbocycles. The van der Waals surface area contributed by atoms with Crippen LogP contribution in [0.2, 0.25) is 0 Å². The number of hydrogen-bond acceptors (Lipinski definition) is 8. The van der Waals surface area contributed by atoms with E-state index in [1.54, 1.807) is 12.1 Å². The Labute approximate surface area is 184 Å². The van der Waals surface area contributed by atoms with Gasteiger partial charge in [-0.1, -0.05) is 24.3 Å². The van der Waals surface area contributed by atoms with E-state index in [0.29, 0.717) is 23.1 Å². The molecule has 168 valence electrons. The van der Waals surface area contributed by atoms with Gasteiger partial charge in [0.05, 0.1) is 24.4 Å². The van der Waals surface area contributed by atoms with Crippen molar-refractivity contribution in [3.8, 4) is 11.5 Å². The zero-order chi connectivity index (χ0) is 23.3. The third-order valence-electron chi connectivity index (χ3n) is 5.94. The highest BCUT2D eigenvalue weighted by Gasteiger charge is 2.55. The monoisotopic (exact) mass is 440 g/mol. The summed E-state index contributed by atoms with van der Waals surface area (Å²) in [5.74, 6) is -2.54. The van der Waals surface area contributed by atoms with Crippen LogP contribution in [0.3, 0.4) is 0 Å². The van der Waals surface area contributed by atoms with E-state index < -0.39 is 23.3 Å². The highest BCUT2D eigenvalue weighted by Crippen LogP contribution is 2.44. The van der Waals surface area contributed by atoms with Gasteiger partial charge in [0.1, 0.15) is 11.5 Å². The fourth-order valence-corrected chi connectivity index (χ4v) is 4.07. The van der Waals surface area contributed by atoms with Crippen LogP contribution >= 0.6 is 0 Å². The van der Waals surface area contributed by atoms with E-state index in [-0.39, 0.29) is 35.2 Å². The summed E-state index contributed by atoms with van der Waals surface area (Å²) in [5, 5.41) is 30.4. The molecule has 8 nitrogen and oxygen atoms in total. The number of phenols is 2. The van der Waals surface area contributed by atoms with Crippen LogP contribution in [-0.4, -0.2) is 51.7 Å². The van der Waals surface area contributed by atoms with Crippen molar-refractivity contribution in [1.29, 1.82) is 0 Å². The van der Waals surface area contributed by atoms with Gasteiger partial charge in [0.25, 0.3) is 0 Å². The van der Waals surface area contributed by atoms with Gasteiger partial charge in [-0.3, -0.25) is 0 Å². The summed E-state index contributed by atoms with van der Waals surface area (Å²) >= 11 is 0. The second-order valence-corrected chi connectivity index (χ2v) is 8.53. The Hall–Kier alpha value is -3.52. The molecule has 0 unspecified atom stereocenters. The number of esters is 2. The topological polar surface area (TPSA) is 126 Å². The van der Waals surface area contributed by atoms with E-state index >= 15 is 0 Å². The molecule has 0 aromatic heterocycles. The quantitative estimate of drug-likeness (QED) is 0.462. The first-order chi connectivity index (χ1) is 15.1. The number of phenolic OH excluding ortho intramolecular Hbond substituents is 2. The zero-order valence-corrected chi connectivity index (χ0v) is 17.9. The van der Waals surface area contributed by atoms with Gasteiger partial charge < -0.3 is 29.5 Å². The Balaban J connectivity index is 1.75. The molecule has 1 saturated heterocycles. The predicted molar refractivity (Wildman–Crippen MR) is 113 cm³/mol. The summed E-state index contributed by atoms with van der Waals surface area (Å²) in [5.41, 5.74) is -0.713. The summed E-state index contributed by atoms with van der Waals surface area (Å²) in [6.45, 7) is 3.92. The third-order valence-corrected chi connectivity index (χ3v) is 5.94. The molecule has 3 N–H and O–H groups in total. The Morgan fingerprint density at radius 2 is 1.75 bits per heavy atom. The van der Waals surface area contributed by atoms with E-state index in [0.717, 1.165) is 7.11 Å². The van der Waals surface area contributed by atoms with Gasteiger partial charge in [-0.2, -0.15) is 0 Å². The minimum absolute atomic E-state index is 0.0175. The Morgan fingerprint density at radius 1 is 1.09 bits per heavy atom. The maximum absolute atomic E-state index is 12.9. The number of ether oxygens (including phenoxy) is 3. The van der Waals surface area contributed by atoms with Gasteiger partial charge in [-0.15, -0.1) is 0 Å². The Kier molecular flexibility index (Phi) is 5.13. The Bertz CT molecular complexity index is 1120. The predicted octanol–water partition coefficient (Wildman–Crippen LogP) is 2.80. The smallest absolute Gasteiger partial charge is 0.375 e. The van der Waals surface area contributed by atoms with Gasteiger partial charge in [0, 0.05) is 12.8 Å². The molecule has 2 aromatic rings. The number of rotatable bonds is 6. The standard InChI is InChI=1S/C24H24O8/c1-23(2)18(31-23)11-15-10-13(4-9-17(15)26)12-24(22(29)30-3)19(20(27)21(28)32-24)14-5-7-16(25)8-6-14/h4-10,18,25-27H,11-12H2,1-3H3/t18-,24-/m0/s1. The second kappa shape index (κ2) is 7.56. The lowest BCUT2D eigenvalue weighted by Crippen LogP contribution is -2.44. The number of carbonyl (C=O) groups excluding carboxylic acids is 2. The van der Waals surface area contributed by atoms with Gasteiger partial charge in [0.2, 0.25) is 11.4 Å². The fraction of sp³-hybridized carbons (Fsp3) is 0.333. The minimum atomic E-state index is -1.93. The largest absolute Gasteiger partial charge is 0.508 e. The maximum atomic E-state index is 12.9. The highest BCUT2D eigenvalue weighted by atomic mass is 16.6. The number of aromatic hydroxyl groups is 2. The lowest BCUT2D eigenvalue weighted by Gasteiger charge is -2.28. The van der Waals surface area contributed by atoms with Crippen molar-refractivity contribution >= 4 is 17.5 Å². The molecule has 0 amide bonds. The first-order valence-corrected chi connectivity index (χ1v) is 10.1. The number of epoxide rings is 1. The highest BCUT2D eigenvalue weighted by molar-refractivity contribution is 6.11. The van der Waals surface area contributed by atoms with Crippen LogP contribution in [-0.2, 0) is 36.6 Å². The molecule has 2 heterocycles. The fourth-order valence-electron chi connectivity index (χ4n) is 4.07. The van der Waals surface area contributed by atoms with Crippen LogP contribution in [0.4, 0.5) is 0 Å². The van der Waals surface area contributed by atoms with Crippen LogP contribution in [0.15, 0.2) is 48.2 Å². The molecular weight excluding hydrogens is 416 g/mol. The van der Waals surface area contributed by atoms with Gasteiger partial charge in [-0.25, -0.2) is 9.59 Å². The minimum Gasteiger partial charge on any atom is -0.508 e. The van der Waals surface area contributed by atoms with Crippen molar-refractivity contribution < 1.29 is 39.1 Å². The summed E-state index contributed by atoms with van der Waals surface area (Å²) in [4.78, 5) is 25.3. The average molecular weight is 440 g/mol. The van der Waals surface area contributed by atoms with Crippen molar-refractivity contribution in [2.45, 2.75) is 44.0 Å². The first-order valence-electron chi connectivity index (χ1n) is 10.1. The first kappa shape index (κ1) is 21.7. The molecule has 0 radical (unpaired) electrons. The summed E-state index contributed by atoms with van der Waals surface area (Å²) in [6, 6.07) is 10.5. The van der Waals surface area contributed by atoms with E-state index in [1.807, 2.05) is 13.8 Å². The molecule has 4 rings (SSSR count). The van der Waals surface area contributed by atoms with Crippen molar-refractivity contribution in [3.63, 3.8) is 0 Å². The van der Waals surface area contributed by atoms with Gasteiger partial charge in [-0.05, 0) is 48.7 Å². The van der Waals surface area contributed by atoms with Gasteiger partial charge in [0.15, 0.2) is 0 Å². The molecule has 0 bridgehead atoms. The Morgan fingerprint density at radius 3 is 2.34 bits per heavy atom. The molecule has 1 fully saturated rings. The van der Waals surface area contributed by atoms with E-state index in [9.17, 15) is 24.9 Å². The molecule has 32 heavy (non-hydrogen) atoms. The van der Waals surface area contributed by atoms with Crippen LogP contribution < -0.4 is 0 Å². The van der Waals surface area contributed by atoms with Crippen LogP contribution in [0.1, 0.15) is 30.5 Å². The van der Waals surface area contributed by atoms with Gasteiger partial charge >= 0.3 is 11.9 Å². The van der Waals surface area contributed by atoms with Crippen molar-refractivity contribution in [2.24, 2.45) is 0 Å². The maximum Gasteiger partial charge on any atom is 0.375 e. The summed E-state index contributed by atoms with van der Waals surface area (Å²) < 4.78 is 16.0. The second-order valence-electron chi connectivity index (χ2n) is 8.53. The molecule has 2 aliphatic rings. The van der Waals surface area contributed by atoms with Crippen molar-refractivity contribution in [3.05, 3.63) is 64.9 Å². The number of benzene rings is 2. The number of carbonyl (C=O) groups is 2. The van der Waals surface area contributed by atoms with Crippen LogP contribution in [0.5, 0.6) is 11.5 Å².